The molecule has 1 nitrogen and oxygen atoms in total. The van der Waals surface area contributed by atoms with Gasteiger partial charge in [-0.1, -0.05) is 26.0 Å². The SMILES string of the molecule is CC(C)c1cc2cc(C3CCNCC3)ccc2s1. The Morgan fingerprint density at radius 3 is 2.67 bits per heavy atom. The second-order valence-corrected chi connectivity index (χ2v) is 6.74. The van der Waals surface area contributed by atoms with Crippen LogP contribution in [-0.2, 0) is 0 Å². The van der Waals surface area contributed by atoms with Crippen molar-refractivity contribution in [2.24, 2.45) is 0 Å². The molecule has 1 saturated heterocycles. The summed E-state index contributed by atoms with van der Waals surface area (Å²) in [6.45, 7) is 6.89. The van der Waals surface area contributed by atoms with Gasteiger partial charge in [0.15, 0.2) is 0 Å². The summed E-state index contributed by atoms with van der Waals surface area (Å²) in [6, 6.07) is 9.48. The van der Waals surface area contributed by atoms with Gasteiger partial charge in [0.05, 0.1) is 0 Å². The smallest absolute Gasteiger partial charge is 0.0345 e. The van der Waals surface area contributed by atoms with E-state index in [-0.39, 0.29) is 0 Å². The maximum atomic E-state index is 3.44. The van der Waals surface area contributed by atoms with Gasteiger partial charge >= 0.3 is 0 Å². The van der Waals surface area contributed by atoms with Gasteiger partial charge < -0.3 is 5.32 Å². The number of piperidine rings is 1. The maximum absolute atomic E-state index is 3.44. The molecule has 18 heavy (non-hydrogen) atoms. The Kier molecular flexibility index (Phi) is 3.40. The molecule has 0 unspecified atom stereocenters. The first-order valence-corrected chi connectivity index (χ1v) is 7.80. The number of hydrogen-bond acceptors (Lipinski definition) is 2. The lowest BCUT2D eigenvalue weighted by molar-refractivity contribution is 0.460. The molecule has 0 amide bonds. The van der Waals surface area contributed by atoms with Gasteiger partial charge in [0, 0.05) is 9.58 Å². The van der Waals surface area contributed by atoms with Crippen molar-refractivity contribution in [1.29, 1.82) is 0 Å². The monoisotopic (exact) mass is 259 g/mol. The lowest BCUT2D eigenvalue weighted by Crippen LogP contribution is -2.26. The fraction of sp³-hybridized carbons (Fsp3) is 0.500. The number of nitrogens with one attached hydrogen (secondary N) is 1. The van der Waals surface area contributed by atoms with Crippen molar-refractivity contribution >= 4 is 21.4 Å². The van der Waals surface area contributed by atoms with Crippen molar-refractivity contribution < 1.29 is 0 Å². The molecule has 0 spiro atoms. The van der Waals surface area contributed by atoms with Crippen LogP contribution in [0.5, 0.6) is 0 Å². The van der Waals surface area contributed by atoms with Crippen molar-refractivity contribution in [2.75, 3.05) is 13.1 Å². The van der Waals surface area contributed by atoms with Crippen molar-refractivity contribution in [1.82, 2.24) is 5.32 Å². The highest BCUT2D eigenvalue weighted by Gasteiger charge is 2.16. The van der Waals surface area contributed by atoms with E-state index in [1.807, 2.05) is 11.3 Å². The average molecular weight is 259 g/mol. The Labute approximate surface area is 113 Å². The van der Waals surface area contributed by atoms with Gasteiger partial charge in [-0.2, -0.15) is 0 Å². The molecule has 0 atom stereocenters. The Hall–Kier alpha value is -0.860. The van der Waals surface area contributed by atoms with Crippen molar-refractivity contribution in [3.8, 4) is 0 Å². The van der Waals surface area contributed by atoms with Crippen LogP contribution < -0.4 is 5.32 Å². The van der Waals surface area contributed by atoms with Crippen LogP contribution in [-0.4, -0.2) is 13.1 Å². The first-order chi connectivity index (χ1) is 8.74. The molecule has 96 valence electrons. The van der Waals surface area contributed by atoms with E-state index in [0.717, 1.165) is 5.92 Å². The number of rotatable bonds is 2. The second-order valence-electron chi connectivity index (χ2n) is 5.63. The predicted molar refractivity (Wildman–Crippen MR) is 80.8 cm³/mol. The van der Waals surface area contributed by atoms with E-state index in [9.17, 15) is 0 Å². The van der Waals surface area contributed by atoms with Gasteiger partial charge in [-0.25, -0.2) is 0 Å². The van der Waals surface area contributed by atoms with E-state index >= 15 is 0 Å². The Morgan fingerprint density at radius 2 is 1.94 bits per heavy atom. The maximum Gasteiger partial charge on any atom is 0.0345 e. The van der Waals surface area contributed by atoms with Gasteiger partial charge in [0.1, 0.15) is 0 Å². The van der Waals surface area contributed by atoms with Crippen LogP contribution in [0, 0.1) is 0 Å². The highest BCUT2D eigenvalue weighted by molar-refractivity contribution is 7.19. The normalized spacial score (nSPS) is 17.7. The molecule has 1 aliphatic rings. The Balaban J connectivity index is 1.94. The Morgan fingerprint density at radius 1 is 1.17 bits per heavy atom. The summed E-state index contributed by atoms with van der Waals surface area (Å²) in [5, 5.41) is 4.89. The highest BCUT2D eigenvalue weighted by atomic mass is 32.1. The molecule has 2 heterocycles. The average Bonchev–Trinajstić information content (AvgIpc) is 2.82. The minimum absolute atomic E-state index is 0.643. The van der Waals surface area contributed by atoms with E-state index in [1.54, 1.807) is 0 Å². The van der Waals surface area contributed by atoms with Crippen molar-refractivity contribution in [3.05, 3.63) is 34.7 Å². The number of thiophene rings is 1. The van der Waals surface area contributed by atoms with Gasteiger partial charge in [-0.3, -0.25) is 0 Å². The molecule has 0 saturated carbocycles. The standard InChI is InChI=1S/C16H21NS/c1-11(2)16-10-14-9-13(3-4-15(14)18-16)12-5-7-17-8-6-12/h3-4,9-12,17H,5-8H2,1-2H3. The molecule has 1 N–H and O–H groups in total. The van der Waals surface area contributed by atoms with Crippen LogP contribution in [0.15, 0.2) is 24.3 Å². The first-order valence-electron chi connectivity index (χ1n) is 6.98. The third-order valence-electron chi connectivity index (χ3n) is 3.94. The van der Waals surface area contributed by atoms with Crippen LogP contribution in [0.25, 0.3) is 10.1 Å². The molecule has 2 heteroatoms. The van der Waals surface area contributed by atoms with Gasteiger partial charge in [0.2, 0.25) is 0 Å². The molecule has 1 aromatic carbocycles. The van der Waals surface area contributed by atoms with E-state index in [1.165, 1.54) is 46.5 Å². The summed E-state index contributed by atoms with van der Waals surface area (Å²) in [6.07, 6.45) is 2.57. The van der Waals surface area contributed by atoms with Crippen LogP contribution >= 0.6 is 11.3 Å². The Bertz CT molecular complexity index is 535. The molecule has 3 rings (SSSR count). The largest absolute Gasteiger partial charge is 0.317 e. The van der Waals surface area contributed by atoms with E-state index in [2.05, 4.69) is 43.4 Å². The summed E-state index contributed by atoms with van der Waals surface area (Å²) in [7, 11) is 0. The van der Waals surface area contributed by atoms with Gasteiger partial charge in [-0.05, 0) is 60.8 Å². The zero-order valence-electron chi connectivity index (χ0n) is 11.2. The first kappa shape index (κ1) is 12.2. The van der Waals surface area contributed by atoms with Crippen LogP contribution in [0.2, 0.25) is 0 Å². The zero-order chi connectivity index (χ0) is 12.5. The summed E-state index contributed by atoms with van der Waals surface area (Å²) in [4.78, 5) is 1.51. The lowest BCUT2D eigenvalue weighted by atomic mass is 9.90. The zero-order valence-corrected chi connectivity index (χ0v) is 12.0. The fourth-order valence-corrected chi connectivity index (χ4v) is 3.82. The van der Waals surface area contributed by atoms with Crippen LogP contribution in [0.4, 0.5) is 0 Å². The fourth-order valence-electron chi connectivity index (χ4n) is 2.78. The summed E-state index contributed by atoms with van der Waals surface area (Å²) in [5.74, 6) is 1.41. The topological polar surface area (TPSA) is 12.0 Å². The van der Waals surface area contributed by atoms with Crippen molar-refractivity contribution in [3.63, 3.8) is 0 Å². The third kappa shape index (κ3) is 2.32. The molecule has 0 bridgehead atoms. The highest BCUT2D eigenvalue weighted by Crippen LogP contribution is 2.34. The molecular formula is C16H21NS. The molecule has 1 aromatic heterocycles. The molecule has 2 aromatic rings. The van der Waals surface area contributed by atoms with E-state index in [0.29, 0.717) is 5.92 Å². The number of fused-ring (bicyclic) bond motifs is 1. The van der Waals surface area contributed by atoms with E-state index < -0.39 is 0 Å². The quantitative estimate of drug-likeness (QED) is 0.837. The van der Waals surface area contributed by atoms with Crippen molar-refractivity contribution in [2.45, 2.75) is 38.5 Å². The molecule has 0 radical (unpaired) electrons. The van der Waals surface area contributed by atoms with Gasteiger partial charge in [0.25, 0.3) is 0 Å². The number of benzene rings is 1. The third-order valence-corrected chi connectivity index (χ3v) is 5.36. The summed E-state index contributed by atoms with van der Waals surface area (Å²) < 4.78 is 1.44. The minimum atomic E-state index is 0.643. The minimum Gasteiger partial charge on any atom is -0.317 e. The van der Waals surface area contributed by atoms with E-state index in [4.69, 9.17) is 0 Å². The van der Waals surface area contributed by atoms with Crippen LogP contribution in [0.3, 0.4) is 0 Å². The molecule has 0 aliphatic carbocycles. The van der Waals surface area contributed by atoms with Crippen LogP contribution in [0.1, 0.15) is 49.0 Å². The number of hydrogen-bond donors (Lipinski definition) is 1. The van der Waals surface area contributed by atoms with Gasteiger partial charge in [-0.15, -0.1) is 11.3 Å². The summed E-state index contributed by atoms with van der Waals surface area (Å²) >= 11 is 1.95. The predicted octanol–water partition coefficient (Wildman–Crippen LogP) is 4.49. The molecular weight excluding hydrogens is 238 g/mol. The molecule has 1 fully saturated rings. The summed E-state index contributed by atoms with van der Waals surface area (Å²) in [5.41, 5.74) is 1.54. The lowest BCUT2D eigenvalue weighted by Gasteiger charge is -2.22. The molecule has 1 aliphatic heterocycles. The second kappa shape index (κ2) is 5.02.